The van der Waals surface area contributed by atoms with Crippen molar-refractivity contribution in [2.45, 2.75) is 88.6 Å². The number of esters is 2. The summed E-state index contributed by atoms with van der Waals surface area (Å²) in [5.41, 5.74) is 2.22. The van der Waals surface area contributed by atoms with E-state index in [0.717, 1.165) is 17.4 Å². The molecule has 14 heteroatoms. The average Bonchev–Trinajstić information content (AvgIpc) is 3.50. The number of rotatable bonds is 13. The highest BCUT2D eigenvalue weighted by molar-refractivity contribution is 5.93. The van der Waals surface area contributed by atoms with Gasteiger partial charge < -0.3 is 29.5 Å². The first-order valence-electron chi connectivity index (χ1n) is 16.9. The lowest BCUT2D eigenvalue weighted by molar-refractivity contribution is -0.207. The average molecular weight is 725 g/mol. The number of fused-ring (bicyclic) bond motifs is 1. The number of alkyl halides is 3. The van der Waals surface area contributed by atoms with E-state index in [9.17, 15) is 42.3 Å². The fourth-order valence-electron chi connectivity index (χ4n) is 6.84. The molecule has 1 heterocycles. The monoisotopic (exact) mass is 724 g/mol. The zero-order valence-corrected chi connectivity index (χ0v) is 28.3. The molecule has 2 N–H and O–H groups in total. The summed E-state index contributed by atoms with van der Waals surface area (Å²) in [7, 11) is 0. The molecule has 1 saturated heterocycles. The molecule has 0 radical (unpaired) electrons. The van der Waals surface area contributed by atoms with E-state index in [0.29, 0.717) is 23.5 Å². The molecule has 2 aliphatic rings. The van der Waals surface area contributed by atoms with Gasteiger partial charge in [0, 0.05) is 32.2 Å². The molecule has 0 bridgehead atoms. The van der Waals surface area contributed by atoms with Crippen LogP contribution in [0.2, 0.25) is 0 Å². The Morgan fingerprint density at radius 2 is 1.46 bits per heavy atom. The van der Waals surface area contributed by atoms with Gasteiger partial charge in [-0.3, -0.25) is 14.4 Å². The van der Waals surface area contributed by atoms with E-state index in [4.69, 9.17) is 14.2 Å². The first kappa shape index (κ1) is 37.8. The van der Waals surface area contributed by atoms with E-state index in [2.05, 4.69) is 5.32 Å². The fraction of sp³-hybridized carbons (Fsp3) is 0.395. The van der Waals surface area contributed by atoms with Crippen LogP contribution in [-0.2, 0) is 52.9 Å². The number of hydrogen-bond donors (Lipinski definition) is 2. The Labute approximate surface area is 298 Å². The number of hydrogen-bond acceptors (Lipinski definition) is 8. The van der Waals surface area contributed by atoms with Crippen LogP contribution in [0, 0.1) is 5.92 Å². The van der Waals surface area contributed by atoms with Crippen molar-refractivity contribution in [3.63, 3.8) is 0 Å². The van der Waals surface area contributed by atoms with Crippen molar-refractivity contribution in [2.75, 3.05) is 0 Å². The van der Waals surface area contributed by atoms with Crippen molar-refractivity contribution in [1.82, 2.24) is 10.2 Å². The van der Waals surface area contributed by atoms with Gasteiger partial charge in [-0.2, -0.15) is 13.2 Å². The Kier molecular flexibility index (Phi) is 12.2. The molecule has 1 aliphatic heterocycles. The van der Waals surface area contributed by atoms with Gasteiger partial charge in [0.05, 0.1) is 0 Å². The van der Waals surface area contributed by atoms with Crippen LogP contribution in [0.15, 0.2) is 84.9 Å². The van der Waals surface area contributed by atoms with Crippen LogP contribution in [0.25, 0.3) is 0 Å². The lowest BCUT2D eigenvalue weighted by Gasteiger charge is -2.38. The number of carbonyl (C=O) groups is 5. The number of nitrogens with one attached hydrogen (secondary N) is 1. The third-order valence-electron chi connectivity index (χ3n) is 9.26. The van der Waals surface area contributed by atoms with Crippen molar-refractivity contribution in [2.24, 2.45) is 5.92 Å². The maximum atomic E-state index is 14.4. The van der Waals surface area contributed by atoms with Crippen LogP contribution in [0.3, 0.4) is 0 Å². The molecule has 0 unspecified atom stereocenters. The Morgan fingerprint density at radius 1 is 0.846 bits per heavy atom. The van der Waals surface area contributed by atoms with Gasteiger partial charge in [0.2, 0.25) is 5.91 Å². The Bertz CT molecular complexity index is 1720. The van der Waals surface area contributed by atoms with E-state index in [1.54, 1.807) is 54.6 Å². The van der Waals surface area contributed by atoms with Crippen LogP contribution in [-0.4, -0.2) is 76.2 Å². The zero-order valence-electron chi connectivity index (χ0n) is 28.3. The Hall–Kier alpha value is -5.40. The molecule has 276 valence electrons. The van der Waals surface area contributed by atoms with Gasteiger partial charge in [-0.05, 0) is 54.0 Å². The van der Waals surface area contributed by atoms with Crippen molar-refractivity contribution < 1.29 is 56.5 Å². The molecule has 3 aromatic carbocycles. The first-order chi connectivity index (χ1) is 24.8. The summed E-state index contributed by atoms with van der Waals surface area (Å²) in [4.78, 5) is 65.5. The standard InChI is InChI=1S/C38H39F3N2O9/c1-23(44)51-33(19-25-12-15-28(16-13-25)50-22-26-10-6-3-7-11-26)34(45)42-30(18-24-8-4-2-5-9-24)35(46)43-31-21-29(52-37(49)38(39,40)41)17-14-27(31)20-32(43)36(47)48/h2-13,15-16,27,29-33H,14,17-22H2,1H3,(H,42,45)(H,47,48)/t27-,29+,30-,31-,32-,33-/m0/s1. The number of ether oxygens (including phenoxy) is 3. The second-order valence-electron chi connectivity index (χ2n) is 13.0. The number of carbonyl (C=O) groups excluding carboxylic acids is 4. The van der Waals surface area contributed by atoms with Crippen molar-refractivity contribution in [3.8, 4) is 5.75 Å². The molecular formula is C38H39F3N2O9. The van der Waals surface area contributed by atoms with Crippen LogP contribution in [0.4, 0.5) is 13.2 Å². The number of amides is 2. The maximum Gasteiger partial charge on any atom is 0.490 e. The maximum absolute atomic E-state index is 14.4. The molecule has 0 aromatic heterocycles. The third-order valence-corrected chi connectivity index (χ3v) is 9.26. The predicted molar refractivity (Wildman–Crippen MR) is 179 cm³/mol. The van der Waals surface area contributed by atoms with Gasteiger partial charge >= 0.3 is 24.1 Å². The van der Waals surface area contributed by atoms with E-state index >= 15 is 0 Å². The number of halogens is 3. The fourth-order valence-corrected chi connectivity index (χ4v) is 6.84. The summed E-state index contributed by atoms with van der Waals surface area (Å²) in [5, 5.41) is 12.8. The molecule has 11 nitrogen and oxygen atoms in total. The highest BCUT2D eigenvalue weighted by Gasteiger charge is 2.52. The summed E-state index contributed by atoms with van der Waals surface area (Å²) in [6.45, 7) is 1.48. The first-order valence-corrected chi connectivity index (χ1v) is 16.9. The van der Waals surface area contributed by atoms with Gasteiger partial charge in [-0.1, -0.05) is 72.8 Å². The molecule has 2 amide bonds. The number of likely N-dealkylation sites (tertiary alicyclic amines) is 1. The normalized spacial score (nSPS) is 20.9. The molecule has 1 saturated carbocycles. The second-order valence-corrected chi connectivity index (χ2v) is 13.0. The molecule has 5 rings (SSSR count). The number of nitrogens with zero attached hydrogens (tertiary/aromatic N) is 1. The van der Waals surface area contributed by atoms with Crippen LogP contribution < -0.4 is 10.1 Å². The number of carboxylic acid groups (broad SMARTS) is 1. The van der Waals surface area contributed by atoms with E-state index in [-0.39, 0.29) is 44.4 Å². The molecule has 52 heavy (non-hydrogen) atoms. The second kappa shape index (κ2) is 16.7. The lowest BCUT2D eigenvalue weighted by Crippen LogP contribution is -2.57. The summed E-state index contributed by atoms with van der Waals surface area (Å²) in [5.74, 6) is -5.81. The van der Waals surface area contributed by atoms with Gasteiger partial charge in [0.15, 0.2) is 6.10 Å². The van der Waals surface area contributed by atoms with Crippen LogP contribution in [0.5, 0.6) is 5.75 Å². The van der Waals surface area contributed by atoms with Crippen molar-refractivity contribution in [3.05, 3.63) is 102 Å². The topological polar surface area (TPSA) is 149 Å². The quantitative estimate of drug-likeness (QED) is 0.237. The van der Waals surface area contributed by atoms with Crippen LogP contribution >= 0.6 is 0 Å². The molecule has 1 aliphatic carbocycles. The SMILES string of the molecule is CC(=O)O[C@@H](Cc1ccc(OCc2ccccc2)cc1)C(=O)N[C@@H](Cc1ccccc1)C(=O)N1[C@H](C(=O)O)C[C@@H]2CC[C@@H](OC(=O)C(F)(F)F)C[C@@H]21. The summed E-state index contributed by atoms with van der Waals surface area (Å²) in [6.07, 6.45) is -7.76. The number of aliphatic carboxylic acids is 1. The van der Waals surface area contributed by atoms with Crippen molar-refractivity contribution >= 4 is 29.7 Å². The van der Waals surface area contributed by atoms with Crippen LogP contribution in [0.1, 0.15) is 49.3 Å². The smallest absolute Gasteiger partial charge is 0.489 e. The molecular weight excluding hydrogens is 685 g/mol. The molecule has 0 spiro atoms. The summed E-state index contributed by atoms with van der Waals surface area (Å²) in [6, 6.07) is 21.5. The predicted octanol–water partition coefficient (Wildman–Crippen LogP) is 4.80. The minimum atomic E-state index is -5.21. The molecule has 3 aromatic rings. The van der Waals surface area contributed by atoms with Gasteiger partial charge in [-0.15, -0.1) is 0 Å². The summed E-state index contributed by atoms with van der Waals surface area (Å²) < 4.78 is 54.8. The highest BCUT2D eigenvalue weighted by Crippen LogP contribution is 2.41. The van der Waals surface area contributed by atoms with Crippen molar-refractivity contribution in [1.29, 1.82) is 0 Å². The van der Waals surface area contributed by atoms with Gasteiger partial charge in [0.1, 0.15) is 30.5 Å². The zero-order chi connectivity index (χ0) is 37.4. The third kappa shape index (κ3) is 9.89. The van der Waals surface area contributed by atoms with Gasteiger partial charge in [-0.25, -0.2) is 9.59 Å². The van der Waals surface area contributed by atoms with E-state index in [1.165, 1.54) is 0 Å². The highest BCUT2D eigenvalue weighted by atomic mass is 19.4. The minimum Gasteiger partial charge on any atom is -0.489 e. The van der Waals surface area contributed by atoms with Gasteiger partial charge in [0.25, 0.3) is 5.91 Å². The largest absolute Gasteiger partial charge is 0.490 e. The molecule has 6 atom stereocenters. The minimum absolute atomic E-state index is 0.0405. The lowest BCUT2D eigenvalue weighted by atomic mass is 9.83. The number of carboxylic acids is 1. The van der Waals surface area contributed by atoms with E-state index in [1.807, 2.05) is 30.3 Å². The molecule has 2 fully saturated rings. The Morgan fingerprint density at radius 3 is 2.06 bits per heavy atom. The Balaban J connectivity index is 1.35. The number of benzene rings is 3. The summed E-state index contributed by atoms with van der Waals surface area (Å²) >= 11 is 0. The van der Waals surface area contributed by atoms with E-state index < -0.39 is 66.2 Å².